The molecule has 1 aromatic heterocycles. The van der Waals surface area contributed by atoms with E-state index in [2.05, 4.69) is 26.1 Å². The monoisotopic (exact) mass is 281 g/mol. The molecule has 0 unspecified atom stereocenters. The van der Waals surface area contributed by atoms with Crippen molar-refractivity contribution < 1.29 is 0 Å². The highest BCUT2D eigenvalue weighted by Crippen LogP contribution is 1.99. The normalized spacial score (nSPS) is 11.8. The first kappa shape index (κ1) is 16.7. The van der Waals surface area contributed by atoms with Crippen molar-refractivity contribution in [3.8, 4) is 0 Å². The molecule has 5 nitrogen and oxygen atoms in total. The van der Waals surface area contributed by atoms with Crippen LogP contribution in [0.5, 0.6) is 0 Å². The molecular weight excluding hydrogens is 254 g/mol. The zero-order valence-electron chi connectivity index (χ0n) is 13.1. The molecule has 1 rings (SSSR count). The zero-order valence-corrected chi connectivity index (χ0v) is 13.1. The first-order valence-electron chi connectivity index (χ1n) is 7.40. The number of nitrogens with one attached hydrogen (secondary N) is 1. The Morgan fingerprint density at radius 1 is 1.15 bits per heavy atom. The van der Waals surface area contributed by atoms with Crippen molar-refractivity contribution in [3.63, 3.8) is 0 Å². The van der Waals surface area contributed by atoms with Gasteiger partial charge in [0, 0.05) is 30.9 Å². The SMILES string of the molecule is CCCn1ccc(=O)n(CCCCNC(C)(C)C)c1=O. The first-order chi connectivity index (χ1) is 9.35. The fourth-order valence-electron chi connectivity index (χ4n) is 2.03. The van der Waals surface area contributed by atoms with Crippen LogP contribution < -0.4 is 16.6 Å². The summed E-state index contributed by atoms with van der Waals surface area (Å²) in [7, 11) is 0. The lowest BCUT2D eigenvalue weighted by Crippen LogP contribution is -2.39. The predicted octanol–water partition coefficient (Wildman–Crippen LogP) is 1.59. The van der Waals surface area contributed by atoms with E-state index in [9.17, 15) is 9.59 Å². The van der Waals surface area contributed by atoms with Crippen LogP contribution in [-0.2, 0) is 13.1 Å². The lowest BCUT2D eigenvalue weighted by atomic mass is 10.1. The molecule has 0 fully saturated rings. The molecule has 1 aromatic rings. The molecule has 0 aromatic carbocycles. The van der Waals surface area contributed by atoms with Gasteiger partial charge >= 0.3 is 5.69 Å². The Hall–Kier alpha value is -1.36. The minimum Gasteiger partial charge on any atom is -0.312 e. The van der Waals surface area contributed by atoms with Crippen LogP contribution in [0.1, 0.15) is 47.0 Å². The van der Waals surface area contributed by atoms with Crippen molar-refractivity contribution in [2.24, 2.45) is 0 Å². The summed E-state index contributed by atoms with van der Waals surface area (Å²) in [6.07, 6.45) is 4.25. The number of rotatable bonds is 7. The highest BCUT2D eigenvalue weighted by Gasteiger charge is 2.08. The van der Waals surface area contributed by atoms with Gasteiger partial charge in [-0.1, -0.05) is 6.92 Å². The van der Waals surface area contributed by atoms with Crippen LogP contribution in [0.15, 0.2) is 21.9 Å². The van der Waals surface area contributed by atoms with Gasteiger partial charge in [0.15, 0.2) is 0 Å². The second kappa shape index (κ2) is 7.43. The van der Waals surface area contributed by atoms with Gasteiger partial charge < -0.3 is 9.88 Å². The average molecular weight is 281 g/mol. The molecule has 0 amide bonds. The molecule has 0 aliphatic carbocycles. The Bertz CT molecular complexity index is 523. The summed E-state index contributed by atoms with van der Waals surface area (Å²) in [6.45, 7) is 10.4. The Labute approximate surface area is 120 Å². The van der Waals surface area contributed by atoms with Crippen LogP contribution in [0.2, 0.25) is 0 Å². The lowest BCUT2D eigenvalue weighted by molar-refractivity contribution is 0.411. The molecule has 20 heavy (non-hydrogen) atoms. The van der Waals surface area contributed by atoms with Crippen LogP contribution in [0.3, 0.4) is 0 Å². The summed E-state index contributed by atoms with van der Waals surface area (Å²) in [5.41, 5.74) is -0.286. The van der Waals surface area contributed by atoms with Crippen molar-refractivity contribution in [1.82, 2.24) is 14.5 Å². The Balaban J connectivity index is 2.58. The van der Waals surface area contributed by atoms with Gasteiger partial charge in [0.05, 0.1) is 0 Å². The van der Waals surface area contributed by atoms with Crippen molar-refractivity contribution in [3.05, 3.63) is 33.1 Å². The summed E-state index contributed by atoms with van der Waals surface area (Å²) in [6, 6.07) is 1.48. The number of unbranched alkanes of at least 4 members (excludes halogenated alkanes) is 1. The number of aryl methyl sites for hydroxylation is 1. The predicted molar refractivity (Wildman–Crippen MR) is 82.2 cm³/mol. The Morgan fingerprint density at radius 2 is 1.85 bits per heavy atom. The molecule has 1 heterocycles. The van der Waals surface area contributed by atoms with Gasteiger partial charge in [-0.3, -0.25) is 9.36 Å². The van der Waals surface area contributed by atoms with Crippen LogP contribution in [0.4, 0.5) is 0 Å². The molecule has 0 spiro atoms. The van der Waals surface area contributed by atoms with E-state index in [0.29, 0.717) is 13.1 Å². The quantitative estimate of drug-likeness (QED) is 0.772. The highest BCUT2D eigenvalue weighted by atomic mass is 16.2. The number of hydrogen-bond donors (Lipinski definition) is 1. The summed E-state index contributed by atoms with van der Waals surface area (Å²) < 4.78 is 2.95. The third-order valence-corrected chi connectivity index (χ3v) is 3.07. The second-order valence-corrected chi connectivity index (χ2v) is 6.17. The molecule has 114 valence electrons. The maximum atomic E-state index is 12.1. The number of aromatic nitrogens is 2. The fraction of sp³-hybridized carbons (Fsp3) is 0.733. The standard InChI is InChI=1S/C15H27N3O2/c1-5-10-17-12-8-13(19)18(14(17)20)11-7-6-9-16-15(2,3)4/h8,12,16H,5-7,9-11H2,1-4H3. The lowest BCUT2D eigenvalue weighted by Gasteiger charge is -2.20. The molecule has 1 N–H and O–H groups in total. The fourth-order valence-corrected chi connectivity index (χ4v) is 2.03. The summed E-state index contributed by atoms with van der Waals surface area (Å²) in [5.74, 6) is 0. The van der Waals surface area contributed by atoms with Gasteiger partial charge in [-0.05, 0) is 46.6 Å². The highest BCUT2D eigenvalue weighted by molar-refractivity contribution is 4.86. The Morgan fingerprint density at radius 3 is 2.45 bits per heavy atom. The third kappa shape index (κ3) is 5.33. The molecule has 0 radical (unpaired) electrons. The van der Waals surface area contributed by atoms with E-state index in [0.717, 1.165) is 25.8 Å². The maximum Gasteiger partial charge on any atom is 0.330 e. The number of nitrogens with zero attached hydrogens (tertiary/aromatic N) is 2. The minimum atomic E-state index is -0.203. The molecule has 0 saturated heterocycles. The molecule has 5 heteroatoms. The smallest absolute Gasteiger partial charge is 0.312 e. The molecule has 0 atom stereocenters. The van der Waals surface area contributed by atoms with E-state index in [1.54, 1.807) is 10.8 Å². The Kier molecular flexibility index (Phi) is 6.20. The van der Waals surface area contributed by atoms with Crippen molar-refractivity contribution in [1.29, 1.82) is 0 Å². The van der Waals surface area contributed by atoms with Crippen molar-refractivity contribution in [2.75, 3.05) is 6.54 Å². The zero-order chi connectivity index (χ0) is 15.2. The van der Waals surface area contributed by atoms with Crippen LogP contribution in [0, 0.1) is 0 Å². The summed E-state index contributed by atoms with van der Waals surface area (Å²) in [5, 5.41) is 3.40. The second-order valence-electron chi connectivity index (χ2n) is 6.17. The largest absolute Gasteiger partial charge is 0.330 e. The van der Waals surface area contributed by atoms with Crippen LogP contribution >= 0.6 is 0 Å². The van der Waals surface area contributed by atoms with Gasteiger partial charge in [0.1, 0.15) is 0 Å². The van der Waals surface area contributed by atoms with Crippen molar-refractivity contribution in [2.45, 2.75) is 65.6 Å². The van der Waals surface area contributed by atoms with Gasteiger partial charge in [-0.15, -0.1) is 0 Å². The van der Waals surface area contributed by atoms with E-state index in [1.807, 2.05) is 6.92 Å². The van der Waals surface area contributed by atoms with Crippen molar-refractivity contribution >= 4 is 0 Å². The molecule has 0 saturated carbocycles. The van der Waals surface area contributed by atoms with E-state index in [4.69, 9.17) is 0 Å². The van der Waals surface area contributed by atoms with Crippen LogP contribution in [-0.4, -0.2) is 21.2 Å². The third-order valence-electron chi connectivity index (χ3n) is 3.07. The molecule has 0 aliphatic rings. The van der Waals surface area contributed by atoms with E-state index < -0.39 is 0 Å². The van der Waals surface area contributed by atoms with Gasteiger partial charge in [-0.25, -0.2) is 4.79 Å². The average Bonchev–Trinajstić information content (AvgIpc) is 2.35. The van der Waals surface area contributed by atoms with Gasteiger partial charge in [0.25, 0.3) is 5.56 Å². The van der Waals surface area contributed by atoms with Gasteiger partial charge in [0.2, 0.25) is 0 Å². The number of hydrogen-bond acceptors (Lipinski definition) is 3. The first-order valence-corrected chi connectivity index (χ1v) is 7.40. The summed E-state index contributed by atoms with van der Waals surface area (Å²) in [4.78, 5) is 23.9. The van der Waals surface area contributed by atoms with E-state index in [-0.39, 0.29) is 16.8 Å². The topological polar surface area (TPSA) is 56.0 Å². The van der Waals surface area contributed by atoms with E-state index >= 15 is 0 Å². The molecule has 0 aliphatic heterocycles. The minimum absolute atomic E-state index is 0.109. The van der Waals surface area contributed by atoms with Gasteiger partial charge in [-0.2, -0.15) is 0 Å². The molecule has 0 bridgehead atoms. The van der Waals surface area contributed by atoms with E-state index in [1.165, 1.54) is 10.6 Å². The molecular formula is C15H27N3O2. The summed E-state index contributed by atoms with van der Waals surface area (Å²) >= 11 is 0. The van der Waals surface area contributed by atoms with Crippen LogP contribution in [0.25, 0.3) is 0 Å². The maximum absolute atomic E-state index is 12.1.